The number of hydrogen-bond acceptors (Lipinski definition) is 9. The molecule has 0 radical (unpaired) electrons. The average Bonchev–Trinajstić information content (AvgIpc) is 3.62. The first kappa shape index (κ1) is 38.1. The summed E-state index contributed by atoms with van der Waals surface area (Å²) in [6.07, 6.45) is 5.16. The van der Waals surface area contributed by atoms with E-state index in [0.717, 1.165) is 35.7 Å². The number of nitrogens with zero attached hydrogens (tertiary/aromatic N) is 6. The van der Waals surface area contributed by atoms with Gasteiger partial charge in [0.2, 0.25) is 5.43 Å². The van der Waals surface area contributed by atoms with Gasteiger partial charge < -0.3 is 29.9 Å². The smallest absolute Gasteiger partial charge is 0.410 e. The zero-order chi connectivity index (χ0) is 37.5. The standard InChI is InChI=1S/C38H48FN7O6/c1-5-43-21-29(37(49)50)36(48)28-19-30(39)34(20-33(28)43)44-14-16-45(17-15-44)38(51)52-23-27-11-9-26(10-12-27)18-35(47)32(8-6-7-13-40)46-22-31(41-42-46)25(4)24(2)3/h9-12,19-22,24-25,32H,5-8,13-18,23,40H2,1-4H3,(H,49,50)/t25-,32-/m0/s1. The Labute approximate surface area is 302 Å². The molecule has 3 heterocycles. The van der Waals surface area contributed by atoms with E-state index in [0.29, 0.717) is 57.1 Å². The van der Waals surface area contributed by atoms with Crippen LogP contribution in [0.4, 0.5) is 14.9 Å². The minimum absolute atomic E-state index is 0.00413. The molecule has 5 rings (SSSR count). The molecule has 52 heavy (non-hydrogen) atoms. The minimum Gasteiger partial charge on any atom is -0.477 e. The van der Waals surface area contributed by atoms with E-state index in [1.807, 2.05) is 37.4 Å². The number of fused-ring (bicyclic) bond motifs is 1. The lowest BCUT2D eigenvalue weighted by Gasteiger charge is -2.35. The van der Waals surface area contributed by atoms with Gasteiger partial charge in [0, 0.05) is 62.8 Å². The summed E-state index contributed by atoms with van der Waals surface area (Å²) in [6, 6.07) is 9.63. The number of aromatic carboxylic acids is 1. The van der Waals surface area contributed by atoms with E-state index >= 15 is 4.39 Å². The number of halogens is 1. The first-order valence-corrected chi connectivity index (χ1v) is 17.9. The highest BCUT2D eigenvalue weighted by Gasteiger charge is 2.26. The Morgan fingerprint density at radius 2 is 1.69 bits per heavy atom. The Balaban J connectivity index is 1.15. The molecule has 3 N–H and O–H groups in total. The van der Waals surface area contributed by atoms with Gasteiger partial charge in [0.25, 0.3) is 0 Å². The lowest BCUT2D eigenvalue weighted by atomic mass is 9.95. The van der Waals surface area contributed by atoms with Crippen LogP contribution in [-0.2, 0) is 29.1 Å². The van der Waals surface area contributed by atoms with E-state index < -0.39 is 34.9 Å². The van der Waals surface area contributed by atoms with Crippen LogP contribution in [0.5, 0.6) is 0 Å². The van der Waals surface area contributed by atoms with Crippen LogP contribution in [0, 0.1) is 11.7 Å². The number of pyridine rings is 1. The van der Waals surface area contributed by atoms with Crippen molar-refractivity contribution in [2.45, 2.75) is 78.5 Å². The van der Waals surface area contributed by atoms with Crippen LogP contribution in [0.25, 0.3) is 10.9 Å². The number of nitrogens with two attached hydrogens (primary N) is 1. The summed E-state index contributed by atoms with van der Waals surface area (Å²) in [6.45, 7) is 10.5. The number of amides is 1. The molecule has 2 aromatic heterocycles. The second-order valence-electron chi connectivity index (χ2n) is 13.7. The number of aromatic nitrogens is 4. The van der Waals surface area contributed by atoms with Gasteiger partial charge in [0.15, 0.2) is 5.78 Å². The molecule has 0 bridgehead atoms. The lowest BCUT2D eigenvalue weighted by Crippen LogP contribution is -2.49. The van der Waals surface area contributed by atoms with Gasteiger partial charge in [-0.25, -0.2) is 18.7 Å². The van der Waals surface area contributed by atoms with Crippen LogP contribution >= 0.6 is 0 Å². The molecule has 13 nitrogen and oxygen atoms in total. The minimum atomic E-state index is -1.36. The highest BCUT2D eigenvalue weighted by molar-refractivity contribution is 5.93. The van der Waals surface area contributed by atoms with E-state index in [1.54, 1.807) is 25.1 Å². The van der Waals surface area contributed by atoms with Crippen LogP contribution in [0.1, 0.15) is 86.1 Å². The maximum Gasteiger partial charge on any atom is 0.410 e. The Hall–Kier alpha value is -5.11. The van der Waals surface area contributed by atoms with Gasteiger partial charge in [-0.3, -0.25) is 9.59 Å². The molecule has 1 amide bonds. The molecule has 2 atom stereocenters. The van der Waals surface area contributed by atoms with E-state index in [2.05, 4.69) is 31.1 Å². The number of rotatable bonds is 15. The summed E-state index contributed by atoms with van der Waals surface area (Å²) in [5.74, 6) is -1.34. The van der Waals surface area contributed by atoms with Crippen LogP contribution in [0.15, 0.2) is 53.6 Å². The number of anilines is 1. The predicted octanol–water partition coefficient (Wildman–Crippen LogP) is 5.15. The van der Waals surface area contributed by atoms with Crippen molar-refractivity contribution < 1.29 is 28.6 Å². The first-order chi connectivity index (χ1) is 24.9. The quantitative estimate of drug-likeness (QED) is 0.157. The Kier molecular flexibility index (Phi) is 12.4. The summed E-state index contributed by atoms with van der Waals surface area (Å²) in [5, 5.41) is 18.1. The van der Waals surface area contributed by atoms with Crippen molar-refractivity contribution in [1.29, 1.82) is 0 Å². The van der Waals surface area contributed by atoms with Gasteiger partial charge >= 0.3 is 12.1 Å². The molecular formula is C38H48FN7O6. The Bertz CT molecular complexity index is 1950. The molecule has 0 spiro atoms. The van der Waals surface area contributed by atoms with Crippen molar-refractivity contribution in [3.05, 3.63) is 87.2 Å². The third-order valence-electron chi connectivity index (χ3n) is 9.98. The van der Waals surface area contributed by atoms with Crippen LogP contribution < -0.4 is 16.1 Å². The maximum absolute atomic E-state index is 15.3. The normalized spacial score (nSPS) is 14.5. The monoisotopic (exact) mass is 717 g/mol. The maximum atomic E-state index is 15.3. The molecule has 0 saturated carbocycles. The Morgan fingerprint density at radius 3 is 2.33 bits per heavy atom. The van der Waals surface area contributed by atoms with Crippen molar-refractivity contribution in [2.24, 2.45) is 11.7 Å². The van der Waals surface area contributed by atoms with E-state index in [-0.39, 0.29) is 35.8 Å². The van der Waals surface area contributed by atoms with E-state index in [1.165, 1.54) is 6.20 Å². The fourth-order valence-electron chi connectivity index (χ4n) is 6.41. The van der Waals surface area contributed by atoms with Crippen molar-refractivity contribution in [2.75, 3.05) is 37.6 Å². The highest BCUT2D eigenvalue weighted by Crippen LogP contribution is 2.27. The second kappa shape index (κ2) is 16.9. The molecule has 0 aliphatic carbocycles. The lowest BCUT2D eigenvalue weighted by molar-refractivity contribution is -0.122. The van der Waals surface area contributed by atoms with E-state index in [9.17, 15) is 24.3 Å². The number of Topliss-reactive ketones (excluding diaryl/α,β-unsaturated/α-hetero) is 1. The predicted molar refractivity (Wildman–Crippen MR) is 195 cm³/mol. The van der Waals surface area contributed by atoms with Gasteiger partial charge in [-0.2, -0.15) is 0 Å². The zero-order valence-electron chi connectivity index (χ0n) is 30.3. The molecule has 1 saturated heterocycles. The SMILES string of the molecule is CCn1cc(C(=O)O)c(=O)c2cc(F)c(N3CCN(C(=O)OCc4ccc(CC(=O)[C@H](CCCCN)n5cc([C@@H](C)C(C)C)nn5)cc4)CC3)cc21. The van der Waals surface area contributed by atoms with Gasteiger partial charge in [-0.15, -0.1) is 5.10 Å². The van der Waals surface area contributed by atoms with Crippen molar-refractivity contribution in [3.8, 4) is 0 Å². The number of benzene rings is 2. The van der Waals surface area contributed by atoms with Crippen molar-refractivity contribution >= 4 is 34.4 Å². The van der Waals surface area contributed by atoms with Crippen LogP contribution in [0.2, 0.25) is 0 Å². The second-order valence-corrected chi connectivity index (χ2v) is 13.7. The molecule has 14 heteroatoms. The number of carboxylic acid groups (broad SMARTS) is 1. The summed E-state index contributed by atoms with van der Waals surface area (Å²) < 4.78 is 24.2. The average molecular weight is 718 g/mol. The summed E-state index contributed by atoms with van der Waals surface area (Å²) >= 11 is 0. The van der Waals surface area contributed by atoms with Crippen molar-refractivity contribution in [3.63, 3.8) is 0 Å². The number of aryl methyl sites for hydroxylation is 1. The van der Waals surface area contributed by atoms with Gasteiger partial charge in [0.1, 0.15) is 24.0 Å². The number of carbonyl (C=O) groups is 3. The number of carbonyl (C=O) groups excluding carboxylic acids is 2. The number of piperazine rings is 1. The largest absolute Gasteiger partial charge is 0.477 e. The number of carboxylic acids is 1. The summed E-state index contributed by atoms with van der Waals surface area (Å²) in [7, 11) is 0. The summed E-state index contributed by atoms with van der Waals surface area (Å²) in [4.78, 5) is 54.1. The summed E-state index contributed by atoms with van der Waals surface area (Å²) in [5.41, 5.74) is 7.77. The van der Waals surface area contributed by atoms with Gasteiger partial charge in [-0.1, -0.05) is 50.3 Å². The topological polar surface area (TPSA) is 166 Å². The number of ether oxygens (including phenoxy) is 1. The molecule has 2 aromatic carbocycles. The van der Waals surface area contributed by atoms with E-state index in [4.69, 9.17) is 10.5 Å². The van der Waals surface area contributed by atoms with Gasteiger partial charge in [-0.05, 0) is 61.9 Å². The Morgan fingerprint density at radius 1 is 1.00 bits per heavy atom. The fourth-order valence-corrected chi connectivity index (χ4v) is 6.41. The zero-order valence-corrected chi connectivity index (χ0v) is 30.3. The molecule has 1 fully saturated rings. The van der Waals surface area contributed by atoms with Crippen LogP contribution in [-0.4, -0.2) is 80.1 Å². The van der Waals surface area contributed by atoms with Crippen LogP contribution in [0.3, 0.4) is 0 Å². The van der Waals surface area contributed by atoms with Crippen molar-refractivity contribution in [1.82, 2.24) is 24.5 Å². The number of hydrogen-bond donors (Lipinski definition) is 2. The molecule has 278 valence electrons. The first-order valence-electron chi connectivity index (χ1n) is 17.9. The molecule has 0 unspecified atom stereocenters. The molecular weight excluding hydrogens is 669 g/mol. The molecule has 4 aromatic rings. The fraction of sp³-hybridized carbons (Fsp3) is 0.474. The molecule has 1 aliphatic heterocycles. The van der Waals surface area contributed by atoms with Gasteiger partial charge in [0.05, 0.1) is 16.9 Å². The highest BCUT2D eigenvalue weighted by atomic mass is 19.1. The molecule has 1 aliphatic rings. The third kappa shape index (κ3) is 8.67. The number of unbranched alkanes of at least 4 members (excludes halogenated alkanes) is 1. The number of ketones is 1. The third-order valence-corrected chi connectivity index (χ3v) is 9.98.